The number of likely N-dealkylation sites (tertiary alicyclic amines) is 1. The van der Waals surface area contributed by atoms with Gasteiger partial charge in [-0.25, -0.2) is 4.39 Å². The van der Waals surface area contributed by atoms with Crippen LogP contribution in [0.5, 0.6) is 0 Å². The van der Waals surface area contributed by atoms with Crippen molar-refractivity contribution in [2.24, 2.45) is 0 Å². The van der Waals surface area contributed by atoms with Crippen molar-refractivity contribution in [2.45, 2.75) is 56.4 Å². The first kappa shape index (κ1) is 19.7. The Balaban J connectivity index is 1.72. The van der Waals surface area contributed by atoms with Crippen molar-refractivity contribution < 1.29 is 9.18 Å². The molecule has 1 aromatic heterocycles. The number of hydrogen-bond acceptors (Lipinski definition) is 2. The van der Waals surface area contributed by atoms with Crippen LogP contribution >= 0.6 is 23.2 Å². The molecule has 148 valence electrons. The van der Waals surface area contributed by atoms with Crippen LogP contribution < -0.4 is 0 Å². The van der Waals surface area contributed by atoms with Crippen LogP contribution in [0.3, 0.4) is 0 Å². The van der Waals surface area contributed by atoms with Crippen molar-refractivity contribution >= 4 is 29.1 Å². The second-order valence-corrected chi connectivity index (χ2v) is 8.64. The first-order valence-corrected chi connectivity index (χ1v) is 10.7. The number of pyridine rings is 1. The Hall–Kier alpha value is -1.65. The van der Waals surface area contributed by atoms with E-state index in [2.05, 4.69) is 4.98 Å². The van der Waals surface area contributed by atoms with E-state index >= 15 is 0 Å². The molecule has 0 radical (unpaired) electrons. The van der Waals surface area contributed by atoms with Gasteiger partial charge in [0.1, 0.15) is 5.69 Å². The first-order valence-electron chi connectivity index (χ1n) is 9.90. The molecule has 1 aromatic carbocycles. The number of carbonyl (C=O) groups is 1. The van der Waals surface area contributed by atoms with Crippen LogP contribution in [0.15, 0.2) is 36.5 Å². The fourth-order valence-electron chi connectivity index (χ4n) is 4.79. The van der Waals surface area contributed by atoms with Crippen molar-refractivity contribution in [1.82, 2.24) is 9.88 Å². The highest BCUT2D eigenvalue weighted by Gasteiger charge is 2.47. The summed E-state index contributed by atoms with van der Waals surface area (Å²) in [6.45, 7) is 0.618. The van der Waals surface area contributed by atoms with Crippen molar-refractivity contribution in [2.75, 3.05) is 6.54 Å². The van der Waals surface area contributed by atoms with Gasteiger partial charge in [-0.2, -0.15) is 0 Å². The van der Waals surface area contributed by atoms with E-state index in [0.29, 0.717) is 18.0 Å². The standard InChI is InChI=1S/C22H23Cl2FN2O/c23-16-8-6-15(7-9-16)22(11-2-1-3-12-22)21(28)27-14-4-5-18(27)20-19(25)17(24)10-13-26-20/h6-10,13,18H,1-5,11-12,14H2. The van der Waals surface area contributed by atoms with Gasteiger partial charge in [-0.3, -0.25) is 9.78 Å². The minimum absolute atomic E-state index is 0.0504. The fraction of sp³-hybridized carbons (Fsp3) is 0.455. The molecule has 3 nitrogen and oxygen atoms in total. The zero-order valence-corrected chi connectivity index (χ0v) is 17.1. The Morgan fingerprint density at radius 2 is 1.79 bits per heavy atom. The third-order valence-corrected chi connectivity index (χ3v) is 6.76. The van der Waals surface area contributed by atoms with Crippen molar-refractivity contribution in [3.63, 3.8) is 0 Å². The predicted octanol–water partition coefficient (Wildman–Crippen LogP) is 6.09. The molecule has 0 spiro atoms. The van der Waals surface area contributed by atoms with Gasteiger partial charge >= 0.3 is 0 Å². The smallest absolute Gasteiger partial charge is 0.233 e. The maximum atomic E-state index is 14.6. The highest BCUT2D eigenvalue weighted by molar-refractivity contribution is 6.31. The van der Waals surface area contributed by atoms with Crippen molar-refractivity contribution in [3.8, 4) is 0 Å². The van der Waals surface area contributed by atoms with Gasteiger partial charge in [-0.05, 0) is 49.4 Å². The zero-order valence-electron chi connectivity index (χ0n) is 15.6. The molecule has 1 atom stereocenters. The molecular formula is C22H23Cl2FN2O. The number of benzene rings is 1. The lowest BCUT2D eigenvalue weighted by Crippen LogP contribution is -2.48. The van der Waals surface area contributed by atoms with E-state index in [9.17, 15) is 9.18 Å². The average Bonchev–Trinajstić information content (AvgIpc) is 3.20. The second kappa shape index (κ2) is 8.00. The molecule has 1 aliphatic heterocycles. The molecule has 0 bridgehead atoms. The third-order valence-electron chi connectivity index (χ3n) is 6.21. The van der Waals surface area contributed by atoms with Crippen LogP contribution in [0, 0.1) is 5.82 Å². The van der Waals surface area contributed by atoms with Gasteiger partial charge in [0.2, 0.25) is 5.91 Å². The molecule has 1 saturated heterocycles. The van der Waals surface area contributed by atoms with E-state index < -0.39 is 11.2 Å². The maximum absolute atomic E-state index is 14.6. The Morgan fingerprint density at radius 3 is 2.50 bits per heavy atom. The Labute approximate surface area is 174 Å². The highest BCUT2D eigenvalue weighted by Crippen LogP contribution is 2.45. The monoisotopic (exact) mass is 420 g/mol. The van der Waals surface area contributed by atoms with E-state index in [0.717, 1.165) is 44.1 Å². The predicted molar refractivity (Wildman–Crippen MR) is 109 cm³/mol. The summed E-state index contributed by atoms with van der Waals surface area (Å²) < 4.78 is 14.6. The molecule has 0 N–H and O–H groups in total. The molecule has 2 heterocycles. The molecule has 6 heteroatoms. The summed E-state index contributed by atoms with van der Waals surface area (Å²) in [4.78, 5) is 20.0. The number of aromatic nitrogens is 1. The number of halogens is 3. The van der Waals surface area contributed by atoms with Gasteiger partial charge in [0.05, 0.1) is 16.5 Å². The Bertz CT molecular complexity index is 865. The second-order valence-electron chi connectivity index (χ2n) is 7.80. The number of carbonyl (C=O) groups excluding carboxylic acids is 1. The SMILES string of the molecule is O=C(N1CCCC1c1nccc(Cl)c1F)C1(c2ccc(Cl)cc2)CCCCC1. The lowest BCUT2D eigenvalue weighted by atomic mass is 9.68. The summed E-state index contributed by atoms with van der Waals surface area (Å²) in [5.74, 6) is -0.434. The van der Waals surface area contributed by atoms with E-state index in [-0.39, 0.29) is 22.7 Å². The van der Waals surface area contributed by atoms with Gasteiger partial charge in [0.25, 0.3) is 0 Å². The number of amides is 1. The van der Waals surface area contributed by atoms with Gasteiger partial charge in [0.15, 0.2) is 5.82 Å². The van der Waals surface area contributed by atoms with Gasteiger partial charge in [-0.15, -0.1) is 0 Å². The molecular weight excluding hydrogens is 398 g/mol. The minimum Gasteiger partial charge on any atom is -0.333 e. The maximum Gasteiger partial charge on any atom is 0.233 e. The van der Waals surface area contributed by atoms with Crippen LogP contribution in [0.25, 0.3) is 0 Å². The largest absolute Gasteiger partial charge is 0.333 e. The normalized spacial score (nSPS) is 21.7. The molecule has 1 aliphatic carbocycles. The Kier molecular flexibility index (Phi) is 5.62. The molecule has 2 fully saturated rings. The van der Waals surface area contributed by atoms with Crippen molar-refractivity contribution in [1.29, 1.82) is 0 Å². The van der Waals surface area contributed by atoms with Gasteiger partial charge in [0, 0.05) is 17.8 Å². The molecule has 2 aromatic rings. The molecule has 4 rings (SSSR count). The van der Waals surface area contributed by atoms with E-state index in [4.69, 9.17) is 23.2 Å². The summed E-state index contributed by atoms with van der Waals surface area (Å²) in [5, 5.41) is 0.709. The molecule has 1 amide bonds. The lowest BCUT2D eigenvalue weighted by molar-refractivity contribution is -0.140. The quantitative estimate of drug-likeness (QED) is 0.601. The van der Waals surface area contributed by atoms with Crippen LogP contribution in [0.4, 0.5) is 4.39 Å². The van der Waals surface area contributed by atoms with E-state index in [1.807, 2.05) is 29.2 Å². The average molecular weight is 421 g/mol. The number of hydrogen-bond donors (Lipinski definition) is 0. The van der Waals surface area contributed by atoms with E-state index in [1.165, 1.54) is 12.3 Å². The van der Waals surface area contributed by atoms with Crippen LogP contribution in [0.1, 0.15) is 62.2 Å². The topological polar surface area (TPSA) is 33.2 Å². The molecule has 28 heavy (non-hydrogen) atoms. The van der Waals surface area contributed by atoms with Crippen molar-refractivity contribution in [3.05, 3.63) is 63.6 Å². The molecule has 1 saturated carbocycles. The summed E-state index contributed by atoms with van der Waals surface area (Å²) >= 11 is 12.1. The van der Waals surface area contributed by atoms with Crippen LogP contribution in [-0.4, -0.2) is 22.3 Å². The minimum atomic E-state index is -0.569. The van der Waals surface area contributed by atoms with Gasteiger partial charge < -0.3 is 4.90 Å². The molecule has 2 aliphatic rings. The number of rotatable bonds is 3. The van der Waals surface area contributed by atoms with Crippen LogP contribution in [-0.2, 0) is 10.2 Å². The van der Waals surface area contributed by atoms with Crippen LogP contribution in [0.2, 0.25) is 10.0 Å². The fourth-order valence-corrected chi connectivity index (χ4v) is 5.07. The lowest BCUT2D eigenvalue weighted by Gasteiger charge is -2.41. The zero-order chi connectivity index (χ0) is 19.7. The summed E-state index contributed by atoms with van der Waals surface area (Å²) in [6, 6.07) is 8.71. The van der Waals surface area contributed by atoms with Gasteiger partial charge in [-0.1, -0.05) is 54.6 Å². The van der Waals surface area contributed by atoms with E-state index in [1.54, 1.807) is 0 Å². The highest BCUT2D eigenvalue weighted by atomic mass is 35.5. The Morgan fingerprint density at radius 1 is 1.07 bits per heavy atom. The summed E-state index contributed by atoms with van der Waals surface area (Å²) in [6.07, 6.45) is 7.82. The molecule has 1 unspecified atom stereocenters. The number of nitrogens with zero attached hydrogens (tertiary/aromatic N) is 2. The summed E-state index contributed by atoms with van der Waals surface area (Å²) in [7, 11) is 0. The first-order chi connectivity index (χ1) is 13.5. The third kappa shape index (κ3) is 3.42. The summed E-state index contributed by atoms with van der Waals surface area (Å²) in [5.41, 5.74) is 0.715.